The van der Waals surface area contributed by atoms with Gasteiger partial charge in [-0.1, -0.05) is 6.07 Å². The molecule has 0 aliphatic rings. The molecule has 0 atom stereocenters. The highest BCUT2D eigenvalue weighted by Gasteiger charge is 2.10. The van der Waals surface area contributed by atoms with Gasteiger partial charge in [0.1, 0.15) is 11.5 Å². The fourth-order valence-electron chi connectivity index (χ4n) is 1.40. The van der Waals surface area contributed by atoms with Crippen LogP contribution in [0.5, 0.6) is 0 Å². The first kappa shape index (κ1) is 11.4. The Kier molecular flexibility index (Phi) is 3.27. The van der Waals surface area contributed by atoms with Gasteiger partial charge >= 0.3 is 0 Å². The van der Waals surface area contributed by atoms with Gasteiger partial charge in [0.15, 0.2) is 11.6 Å². The summed E-state index contributed by atoms with van der Waals surface area (Å²) in [4.78, 5) is 3.87. The van der Waals surface area contributed by atoms with Gasteiger partial charge in [0, 0.05) is 31.1 Å². The molecular formula is C12H9F3N2. The average molecular weight is 238 g/mol. The molecule has 0 aliphatic heterocycles. The summed E-state index contributed by atoms with van der Waals surface area (Å²) in [6.07, 6.45) is 3.18. The second kappa shape index (κ2) is 4.86. The Morgan fingerprint density at radius 1 is 1.12 bits per heavy atom. The molecule has 0 saturated heterocycles. The van der Waals surface area contributed by atoms with Crippen molar-refractivity contribution in [2.45, 2.75) is 6.54 Å². The maximum Gasteiger partial charge on any atom is 0.152 e. The molecule has 88 valence electrons. The summed E-state index contributed by atoms with van der Waals surface area (Å²) in [5, 5.41) is 2.57. The molecule has 17 heavy (non-hydrogen) atoms. The number of hydrogen-bond acceptors (Lipinski definition) is 2. The Hall–Kier alpha value is -2.04. The lowest BCUT2D eigenvalue weighted by Crippen LogP contribution is -2.04. The summed E-state index contributed by atoms with van der Waals surface area (Å²) in [7, 11) is 0. The van der Waals surface area contributed by atoms with Gasteiger partial charge in [-0.3, -0.25) is 4.98 Å². The summed E-state index contributed by atoms with van der Waals surface area (Å²) in [6.45, 7) is 0.216. The van der Waals surface area contributed by atoms with E-state index >= 15 is 0 Å². The molecule has 1 heterocycles. The summed E-state index contributed by atoms with van der Waals surface area (Å²) in [5.41, 5.74) is 0.436. The lowest BCUT2D eigenvalue weighted by Gasteiger charge is -2.08. The highest BCUT2D eigenvalue weighted by atomic mass is 19.1. The number of benzene rings is 1. The van der Waals surface area contributed by atoms with E-state index < -0.39 is 17.5 Å². The third-order valence-electron chi connectivity index (χ3n) is 2.20. The first-order chi connectivity index (χ1) is 8.16. The number of aromatic nitrogens is 1. The van der Waals surface area contributed by atoms with Gasteiger partial charge in [-0.05, 0) is 11.6 Å². The van der Waals surface area contributed by atoms with Crippen molar-refractivity contribution in [3.05, 3.63) is 59.7 Å². The summed E-state index contributed by atoms with van der Waals surface area (Å²) >= 11 is 0. The lowest BCUT2D eigenvalue weighted by molar-refractivity contribution is 0.547. The number of nitrogens with zero attached hydrogens (tertiary/aromatic N) is 1. The largest absolute Gasteiger partial charge is 0.376 e. The predicted octanol–water partition coefficient (Wildman–Crippen LogP) is 3.11. The maximum atomic E-state index is 13.3. The van der Waals surface area contributed by atoms with Crippen molar-refractivity contribution in [3.8, 4) is 0 Å². The molecule has 2 aromatic rings. The number of nitrogens with one attached hydrogen (secondary N) is 1. The zero-order valence-corrected chi connectivity index (χ0v) is 8.75. The minimum Gasteiger partial charge on any atom is -0.376 e. The van der Waals surface area contributed by atoms with Crippen LogP contribution in [0.15, 0.2) is 36.7 Å². The summed E-state index contributed by atoms with van der Waals surface area (Å²) < 4.78 is 39.2. The van der Waals surface area contributed by atoms with Gasteiger partial charge in [-0.2, -0.15) is 0 Å². The SMILES string of the molecule is Fc1cc(F)c(NCc2cccnc2)c(F)c1. The van der Waals surface area contributed by atoms with Crippen LogP contribution in [-0.2, 0) is 6.54 Å². The van der Waals surface area contributed by atoms with Crippen molar-refractivity contribution in [2.75, 3.05) is 5.32 Å². The number of rotatable bonds is 3. The summed E-state index contributed by atoms with van der Waals surface area (Å²) in [5.74, 6) is -2.84. The van der Waals surface area contributed by atoms with Crippen molar-refractivity contribution in [3.63, 3.8) is 0 Å². The van der Waals surface area contributed by atoms with Crippen LogP contribution in [0.25, 0.3) is 0 Å². The number of pyridine rings is 1. The van der Waals surface area contributed by atoms with Crippen LogP contribution in [0.3, 0.4) is 0 Å². The van der Waals surface area contributed by atoms with Crippen LogP contribution in [0.2, 0.25) is 0 Å². The molecule has 2 rings (SSSR count). The molecule has 1 aromatic carbocycles. The van der Waals surface area contributed by atoms with Crippen LogP contribution in [0.4, 0.5) is 18.9 Å². The van der Waals surface area contributed by atoms with Crippen molar-refractivity contribution in [2.24, 2.45) is 0 Å². The highest BCUT2D eigenvalue weighted by Crippen LogP contribution is 2.20. The van der Waals surface area contributed by atoms with Crippen LogP contribution in [0, 0.1) is 17.5 Å². The number of anilines is 1. The number of hydrogen-bond donors (Lipinski definition) is 1. The molecule has 5 heteroatoms. The van der Waals surface area contributed by atoms with Gasteiger partial charge in [0.2, 0.25) is 0 Å². The van der Waals surface area contributed by atoms with Gasteiger partial charge in [-0.15, -0.1) is 0 Å². The molecule has 1 N–H and O–H groups in total. The van der Waals surface area contributed by atoms with E-state index in [4.69, 9.17) is 0 Å². The molecule has 2 nitrogen and oxygen atoms in total. The molecule has 0 aliphatic carbocycles. The first-order valence-corrected chi connectivity index (χ1v) is 4.94. The molecule has 0 amide bonds. The topological polar surface area (TPSA) is 24.9 Å². The second-order valence-corrected chi connectivity index (χ2v) is 3.46. The average Bonchev–Trinajstić information content (AvgIpc) is 2.29. The smallest absolute Gasteiger partial charge is 0.152 e. The molecule has 0 fully saturated rings. The van der Waals surface area contributed by atoms with Gasteiger partial charge in [0.05, 0.1) is 0 Å². The van der Waals surface area contributed by atoms with Crippen LogP contribution in [0.1, 0.15) is 5.56 Å². The number of halogens is 3. The normalized spacial score (nSPS) is 10.3. The highest BCUT2D eigenvalue weighted by molar-refractivity contribution is 5.46. The predicted molar refractivity (Wildman–Crippen MR) is 57.9 cm³/mol. The molecular weight excluding hydrogens is 229 g/mol. The van der Waals surface area contributed by atoms with E-state index in [9.17, 15) is 13.2 Å². The van der Waals surface area contributed by atoms with E-state index in [1.165, 1.54) is 0 Å². The maximum absolute atomic E-state index is 13.3. The molecule has 0 spiro atoms. The summed E-state index contributed by atoms with van der Waals surface area (Å²) in [6, 6.07) is 4.75. The Balaban J connectivity index is 2.15. The van der Waals surface area contributed by atoms with Crippen molar-refractivity contribution < 1.29 is 13.2 Å². The first-order valence-electron chi connectivity index (χ1n) is 4.94. The van der Waals surface area contributed by atoms with Crippen LogP contribution < -0.4 is 5.32 Å². The van der Waals surface area contributed by atoms with Gasteiger partial charge in [0.25, 0.3) is 0 Å². The fraction of sp³-hybridized carbons (Fsp3) is 0.0833. The quantitative estimate of drug-likeness (QED) is 0.888. The minimum atomic E-state index is -0.952. The second-order valence-electron chi connectivity index (χ2n) is 3.46. The van der Waals surface area contributed by atoms with E-state index in [0.29, 0.717) is 12.1 Å². The van der Waals surface area contributed by atoms with Gasteiger partial charge < -0.3 is 5.32 Å². The van der Waals surface area contributed by atoms with Crippen LogP contribution >= 0.6 is 0 Å². The standard InChI is InChI=1S/C12H9F3N2/c13-9-4-10(14)12(11(15)5-9)17-7-8-2-1-3-16-6-8/h1-6,17H,7H2. The van der Waals surface area contributed by atoms with E-state index in [0.717, 1.165) is 5.56 Å². The molecule has 0 saturated carbocycles. The van der Waals surface area contributed by atoms with E-state index in [2.05, 4.69) is 10.3 Å². The third kappa shape index (κ3) is 2.75. The Bertz CT molecular complexity index is 491. The molecule has 0 radical (unpaired) electrons. The third-order valence-corrected chi connectivity index (χ3v) is 2.20. The zero-order valence-electron chi connectivity index (χ0n) is 8.75. The Labute approximate surface area is 96.1 Å². The van der Waals surface area contributed by atoms with Crippen molar-refractivity contribution >= 4 is 5.69 Å². The van der Waals surface area contributed by atoms with Crippen LogP contribution in [-0.4, -0.2) is 4.98 Å². The Morgan fingerprint density at radius 2 is 1.82 bits per heavy atom. The van der Waals surface area contributed by atoms with Crippen molar-refractivity contribution in [1.82, 2.24) is 4.98 Å². The van der Waals surface area contributed by atoms with E-state index in [-0.39, 0.29) is 12.2 Å². The van der Waals surface area contributed by atoms with Crippen molar-refractivity contribution in [1.29, 1.82) is 0 Å². The molecule has 1 aromatic heterocycles. The fourth-order valence-corrected chi connectivity index (χ4v) is 1.40. The molecule has 0 unspecified atom stereocenters. The minimum absolute atomic E-state index is 0.216. The molecule has 0 bridgehead atoms. The van der Waals surface area contributed by atoms with Gasteiger partial charge in [-0.25, -0.2) is 13.2 Å². The Morgan fingerprint density at radius 3 is 2.41 bits per heavy atom. The zero-order chi connectivity index (χ0) is 12.3. The lowest BCUT2D eigenvalue weighted by atomic mass is 10.2. The van der Waals surface area contributed by atoms with E-state index in [1.54, 1.807) is 24.5 Å². The monoisotopic (exact) mass is 238 g/mol. The van der Waals surface area contributed by atoms with E-state index in [1.807, 2.05) is 0 Å².